The van der Waals surface area contributed by atoms with Crippen LogP contribution in [0.3, 0.4) is 0 Å². The van der Waals surface area contributed by atoms with Crippen molar-refractivity contribution in [2.24, 2.45) is 5.73 Å². The number of likely N-dealkylation sites (N-methyl/N-ethyl adjacent to an activating group) is 1. The number of hydrogen-bond acceptors (Lipinski definition) is 9. The number of benzene rings is 1. The van der Waals surface area contributed by atoms with E-state index in [1.807, 2.05) is 0 Å². The Morgan fingerprint density at radius 2 is 2.09 bits per heavy atom. The highest BCUT2D eigenvalue weighted by Gasteiger charge is 2.48. The van der Waals surface area contributed by atoms with Gasteiger partial charge in [-0.2, -0.15) is 0 Å². The second-order valence-electron chi connectivity index (χ2n) is 8.19. The Morgan fingerprint density at radius 1 is 1.30 bits per heavy atom. The predicted molar refractivity (Wildman–Crippen MR) is 116 cm³/mol. The largest absolute Gasteiger partial charge is 0.377 e. The molecule has 11 nitrogen and oxygen atoms in total. The number of carbonyl (C=O) groups excluding carboxylic acids is 2. The zero-order chi connectivity index (χ0) is 23.2. The van der Waals surface area contributed by atoms with Gasteiger partial charge in [0.2, 0.25) is 5.60 Å². The van der Waals surface area contributed by atoms with Gasteiger partial charge in [-0.25, -0.2) is 9.97 Å². The predicted octanol–water partition coefficient (Wildman–Crippen LogP) is 0.758. The molecule has 2 aliphatic rings. The van der Waals surface area contributed by atoms with Gasteiger partial charge in [-0.05, 0) is 6.07 Å². The Kier molecular flexibility index (Phi) is 5.06. The number of nitrogens with one attached hydrogen (secondary N) is 1. The van der Waals surface area contributed by atoms with Crippen molar-refractivity contribution in [2.75, 3.05) is 32.1 Å². The molecule has 170 valence electrons. The third-order valence-electron chi connectivity index (χ3n) is 5.86. The summed E-state index contributed by atoms with van der Waals surface area (Å²) >= 11 is 0. The Balaban J connectivity index is 1.44. The number of primary amides is 1. The molecule has 4 N–H and O–H groups in total. The number of ether oxygens (including phenoxy) is 1. The smallest absolute Gasteiger partial charge is 0.269 e. The number of nitrogens with two attached hydrogens (primary N) is 1. The van der Waals surface area contributed by atoms with Crippen LogP contribution in [0.1, 0.15) is 22.7 Å². The van der Waals surface area contributed by atoms with Gasteiger partial charge in [-0.3, -0.25) is 9.59 Å². The fourth-order valence-corrected chi connectivity index (χ4v) is 3.86. The summed E-state index contributed by atoms with van der Waals surface area (Å²) in [6, 6.07) is 8.80. The molecule has 0 bridgehead atoms. The fourth-order valence-electron chi connectivity index (χ4n) is 3.86. The molecule has 0 unspecified atom stereocenters. The maximum Gasteiger partial charge on any atom is 0.269 e. The van der Waals surface area contributed by atoms with E-state index in [2.05, 4.69) is 20.4 Å². The van der Waals surface area contributed by atoms with Crippen LogP contribution in [0.15, 0.2) is 41.1 Å². The van der Waals surface area contributed by atoms with Crippen LogP contribution in [0.5, 0.6) is 0 Å². The van der Waals surface area contributed by atoms with Crippen molar-refractivity contribution in [3.63, 3.8) is 0 Å². The molecule has 2 fully saturated rings. The van der Waals surface area contributed by atoms with Crippen LogP contribution in [-0.4, -0.2) is 69.8 Å². The van der Waals surface area contributed by atoms with Gasteiger partial charge >= 0.3 is 0 Å². The van der Waals surface area contributed by atoms with Crippen LogP contribution in [0.2, 0.25) is 0 Å². The number of carbonyl (C=O) groups is 2. The van der Waals surface area contributed by atoms with Gasteiger partial charge in [0.05, 0.1) is 31.1 Å². The average Bonchev–Trinajstić information content (AvgIpc) is 3.39. The maximum atomic E-state index is 12.3. The summed E-state index contributed by atoms with van der Waals surface area (Å²) in [7, 11) is 1.63. The monoisotopic (exact) mass is 450 g/mol. The molecule has 5 rings (SSSR count). The van der Waals surface area contributed by atoms with Gasteiger partial charge in [0, 0.05) is 37.2 Å². The van der Waals surface area contributed by atoms with E-state index in [0.717, 1.165) is 0 Å². The lowest BCUT2D eigenvalue weighted by Crippen LogP contribution is -2.41. The first-order chi connectivity index (χ1) is 15.8. The van der Waals surface area contributed by atoms with Crippen molar-refractivity contribution < 1.29 is 24.0 Å². The quantitative estimate of drug-likeness (QED) is 0.493. The molecular formula is C22H22N6O5. The van der Waals surface area contributed by atoms with E-state index in [1.165, 1.54) is 11.1 Å². The highest BCUT2D eigenvalue weighted by molar-refractivity contribution is 5.96. The Labute approximate surface area is 188 Å². The van der Waals surface area contributed by atoms with Gasteiger partial charge in [0.15, 0.2) is 17.3 Å². The molecule has 1 aromatic carbocycles. The van der Waals surface area contributed by atoms with E-state index in [0.29, 0.717) is 48.1 Å². The van der Waals surface area contributed by atoms with Gasteiger partial charge in [-0.1, -0.05) is 23.4 Å². The summed E-state index contributed by atoms with van der Waals surface area (Å²) in [6.45, 7) is 1.51. The normalized spacial score (nSPS) is 20.7. The summed E-state index contributed by atoms with van der Waals surface area (Å²) in [5.41, 5.74) is 6.11. The molecule has 33 heavy (non-hydrogen) atoms. The molecule has 2 amide bonds. The highest BCUT2D eigenvalue weighted by atomic mass is 16.5. The molecule has 2 saturated heterocycles. The van der Waals surface area contributed by atoms with Crippen LogP contribution >= 0.6 is 0 Å². The first-order valence-corrected chi connectivity index (χ1v) is 10.4. The second-order valence-corrected chi connectivity index (χ2v) is 8.19. The lowest BCUT2D eigenvalue weighted by Gasteiger charge is -2.28. The number of amides is 2. The molecule has 0 aliphatic carbocycles. The van der Waals surface area contributed by atoms with Crippen molar-refractivity contribution in [1.82, 2.24) is 20.0 Å². The van der Waals surface area contributed by atoms with Crippen LogP contribution in [0, 0.1) is 0 Å². The molecule has 0 spiro atoms. The van der Waals surface area contributed by atoms with E-state index >= 15 is 0 Å². The van der Waals surface area contributed by atoms with Crippen molar-refractivity contribution >= 4 is 17.5 Å². The molecule has 4 heterocycles. The molecule has 11 heteroatoms. The number of nitrogens with zero attached hydrogens (tertiary/aromatic N) is 4. The van der Waals surface area contributed by atoms with Crippen LogP contribution in [0.4, 0.5) is 5.69 Å². The van der Waals surface area contributed by atoms with E-state index < -0.39 is 17.4 Å². The van der Waals surface area contributed by atoms with Gasteiger partial charge in [-0.15, -0.1) is 0 Å². The first-order valence-electron chi connectivity index (χ1n) is 10.4. The van der Waals surface area contributed by atoms with Crippen molar-refractivity contribution in [3.8, 4) is 22.6 Å². The summed E-state index contributed by atoms with van der Waals surface area (Å²) in [4.78, 5) is 34.5. The summed E-state index contributed by atoms with van der Waals surface area (Å²) in [6.07, 6.45) is 1.76. The maximum absolute atomic E-state index is 12.3. The lowest BCUT2D eigenvalue weighted by molar-refractivity contribution is -0.144. The molecule has 0 radical (unpaired) electrons. The first kappa shape index (κ1) is 21.0. The Morgan fingerprint density at radius 3 is 2.76 bits per heavy atom. The van der Waals surface area contributed by atoms with Crippen molar-refractivity contribution in [2.45, 2.75) is 18.1 Å². The molecular weight excluding hydrogens is 428 g/mol. The molecule has 2 aliphatic heterocycles. The average molecular weight is 450 g/mol. The molecule has 1 atom stereocenters. The zero-order valence-corrected chi connectivity index (χ0v) is 17.8. The third kappa shape index (κ3) is 3.70. The SMILES string of the molecule is CN1CC[C@@](O)(c2cc(-c3cccc(-c4ncc(NC5COC5)c(C(N)=O)n4)c3)no2)C1=O. The Bertz CT molecular complexity index is 1240. The van der Waals surface area contributed by atoms with E-state index in [4.69, 9.17) is 15.0 Å². The summed E-state index contributed by atoms with van der Waals surface area (Å²) < 4.78 is 10.5. The van der Waals surface area contributed by atoms with Crippen LogP contribution in [-0.2, 0) is 15.1 Å². The van der Waals surface area contributed by atoms with Gasteiger partial charge < -0.3 is 30.3 Å². The van der Waals surface area contributed by atoms with Crippen molar-refractivity contribution in [1.29, 1.82) is 0 Å². The number of hydrogen-bond donors (Lipinski definition) is 3. The third-order valence-corrected chi connectivity index (χ3v) is 5.86. The van der Waals surface area contributed by atoms with E-state index in [9.17, 15) is 14.7 Å². The minimum atomic E-state index is -1.72. The number of aromatic nitrogens is 3. The summed E-state index contributed by atoms with van der Waals surface area (Å²) in [5.74, 6) is -0.678. The zero-order valence-electron chi connectivity index (χ0n) is 17.8. The number of likely N-dealkylation sites (tertiary alicyclic amines) is 1. The number of aliphatic hydroxyl groups is 1. The van der Waals surface area contributed by atoms with Crippen LogP contribution < -0.4 is 11.1 Å². The Hall–Kier alpha value is -3.83. The van der Waals surface area contributed by atoms with Gasteiger partial charge in [0.25, 0.3) is 11.8 Å². The van der Waals surface area contributed by atoms with E-state index in [1.54, 1.807) is 37.4 Å². The second kappa shape index (κ2) is 7.94. The summed E-state index contributed by atoms with van der Waals surface area (Å²) in [5, 5.41) is 18.0. The van der Waals surface area contributed by atoms with Crippen molar-refractivity contribution in [3.05, 3.63) is 48.0 Å². The van der Waals surface area contributed by atoms with Crippen LogP contribution in [0.25, 0.3) is 22.6 Å². The topological polar surface area (TPSA) is 157 Å². The lowest BCUT2D eigenvalue weighted by atomic mass is 9.98. The number of rotatable bonds is 6. The minimum absolute atomic E-state index is 0.0867. The standard InChI is InChI=1S/C22H22N6O5/c1-28-6-5-22(31,21(28)30)17-8-15(27-33-17)12-3-2-4-13(7-12)20-24-9-16(18(26-20)19(23)29)25-14-10-32-11-14/h2-4,7-9,14,25,31H,5-6,10-11H2,1H3,(H2,23,29)/t22-/m1/s1. The molecule has 2 aromatic heterocycles. The minimum Gasteiger partial charge on any atom is -0.377 e. The van der Waals surface area contributed by atoms with E-state index in [-0.39, 0.29) is 23.9 Å². The number of anilines is 1. The molecule has 0 saturated carbocycles. The fraction of sp³-hybridized carbons (Fsp3) is 0.318. The van der Waals surface area contributed by atoms with Gasteiger partial charge in [0.1, 0.15) is 5.69 Å². The highest BCUT2D eigenvalue weighted by Crippen LogP contribution is 2.35. The molecule has 3 aromatic rings.